The van der Waals surface area contributed by atoms with Gasteiger partial charge in [-0.2, -0.15) is 4.80 Å². The van der Waals surface area contributed by atoms with Crippen LogP contribution in [0.4, 0.5) is 0 Å². The summed E-state index contributed by atoms with van der Waals surface area (Å²) in [7, 11) is 1.72. The molecule has 1 rings (SSSR count). The van der Waals surface area contributed by atoms with Crippen molar-refractivity contribution in [3.05, 3.63) is 5.82 Å². The zero-order valence-electron chi connectivity index (χ0n) is 9.64. The van der Waals surface area contributed by atoms with Crippen molar-refractivity contribution in [3.63, 3.8) is 0 Å². The van der Waals surface area contributed by atoms with Crippen molar-refractivity contribution in [3.8, 4) is 0 Å². The molecule has 0 saturated carbocycles. The summed E-state index contributed by atoms with van der Waals surface area (Å²) in [6, 6.07) is 0. The maximum absolute atomic E-state index is 11.0. The molecule has 0 spiro atoms. The number of aromatic nitrogens is 4. The van der Waals surface area contributed by atoms with Crippen molar-refractivity contribution < 1.29 is 9.53 Å². The van der Waals surface area contributed by atoms with Crippen LogP contribution in [-0.4, -0.2) is 39.3 Å². The average Bonchev–Trinajstić information content (AvgIpc) is 2.64. The van der Waals surface area contributed by atoms with Gasteiger partial charge in [-0.25, -0.2) is 0 Å². The van der Waals surface area contributed by atoms with Crippen LogP contribution in [0, 0.1) is 0 Å². The lowest BCUT2D eigenvalue weighted by Gasteiger charge is -2.02. The van der Waals surface area contributed by atoms with Crippen LogP contribution in [0.25, 0.3) is 0 Å². The maximum Gasteiger partial charge on any atom is 0.305 e. The molecular formula is C9H17N5O2. The Labute approximate surface area is 94.2 Å². The molecule has 7 heteroatoms. The fourth-order valence-corrected chi connectivity index (χ4v) is 1.19. The molecule has 0 aliphatic rings. The van der Waals surface area contributed by atoms with E-state index in [1.807, 2.05) is 0 Å². The minimum atomic E-state index is -0.151. The summed E-state index contributed by atoms with van der Waals surface area (Å²) < 4.78 is 4.81. The lowest BCUT2D eigenvalue weighted by molar-refractivity contribution is -0.143. The van der Waals surface area contributed by atoms with Gasteiger partial charge in [0.15, 0.2) is 5.82 Å². The summed E-state index contributed by atoms with van der Waals surface area (Å²) in [5.41, 5.74) is 0. The summed E-state index contributed by atoms with van der Waals surface area (Å²) >= 11 is 0. The topological polar surface area (TPSA) is 81.9 Å². The number of nitrogens with zero attached hydrogens (tertiary/aromatic N) is 4. The summed E-state index contributed by atoms with van der Waals surface area (Å²) in [5, 5.41) is 14.7. The highest BCUT2D eigenvalue weighted by Gasteiger charge is 2.02. The SMILES string of the molecule is CCOC(=O)CCCNCc1nnn(C)n1. The number of carbonyl (C=O) groups is 1. The van der Waals surface area contributed by atoms with E-state index in [1.54, 1.807) is 14.0 Å². The first kappa shape index (κ1) is 12.6. The van der Waals surface area contributed by atoms with Crippen molar-refractivity contribution in [1.82, 2.24) is 25.5 Å². The predicted molar refractivity (Wildman–Crippen MR) is 56.4 cm³/mol. The van der Waals surface area contributed by atoms with Crippen molar-refractivity contribution >= 4 is 5.97 Å². The molecule has 0 atom stereocenters. The van der Waals surface area contributed by atoms with Crippen LogP contribution < -0.4 is 5.32 Å². The number of tetrazole rings is 1. The highest BCUT2D eigenvalue weighted by molar-refractivity contribution is 5.69. The predicted octanol–water partition coefficient (Wildman–Crippen LogP) is -0.357. The molecule has 0 bridgehead atoms. The molecule has 0 fully saturated rings. The van der Waals surface area contributed by atoms with E-state index in [4.69, 9.17) is 4.74 Å². The molecule has 0 aliphatic carbocycles. The second-order valence-electron chi connectivity index (χ2n) is 3.28. The van der Waals surface area contributed by atoms with Crippen LogP contribution in [0.2, 0.25) is 0 Å². The first-order valence-electron chi connectivity index (χ1n) is 5.31. The Kier molecular flexibility index (Phi) is 5.41. The maximum atomic E-state index is 11.0. The van der Waals surface area contributed by atoms with Gasteiger partial charge in [0, 0.05) is 6.42 Å². The van der Waals surface area contributed by atoms with E-state index in [9.17, 15) is 4.79 Å². The van der Waals surface area contributed by atoms with Gasteiger partial charge in [0.2, 0.25) is 0 Å². The average molecular weight is 227 g/mol. The third kappa shape index (κ3) is 4.83. The molecule has 0 saturated heterocycles. The second-order valence-corrected chi connectivity index (χ2v) is 3.28. The van der Waals surface area contributed by atoms with E-state index in [1.165, 1.54) is 4.80 Å². The molecule has 1 aromatic rings. The first-order chi connectivity index (χ1) is 7.72. The number of hydrogen-bond donors (Lipinski definition) is 1. The lowest BCUT2D eigenvalue weighted by Crippen LogP contribution is -2.17. The standard InChI is InChI=1S/C9H17N5O2/c1-3-16-9(15)5-4-6-10-7-8-11-13-14(2)12-8/h10H,3-7H2,1-2H3. The van der Waals surface area contributed by atoms with Gasteiger partial charge in [0.25, 0.3) is 0 Å². The zero-order valence-corrected chi connectivity index (χ0v) is 9.64. The minimum Gasteiger partial charge on any atom is -0.466 e. The van der Waals surface area contributed by atoms with E-state index in [0.29, 0.717) is 25.4 Å². The molecule has 90 valence electrons. The summed E-state index contributed by atoms with van der Waals surface area (Å²) in [5.74, 6) is 0.501. The van der Waals surface area contributed by atoms with Gasteiger partial charge in [0.05, 0.1) is 20.2 Å². The van der Waals surface area contributed by atoms with Crippen molar-refractivity contribution in [2.45, 2.75) is 26.3 Å². The van der Waals surface area contributed by atoms with Gasteiger partial charge < -0.3 is 10.1 Å². The Morgan fingerprint density at radius 2 is 2.38 bits per heavy atom. The number of ether oxygens (including phenoxy) is 1. The third-order valence-corrected chi connectivity index (χ3v) is 1.87. The highest BCUT2D eigenvalue weighted by Crippen LogP contribution is 1.92. The van der Waals surface area contributed by atoms with Crippen molar-refractivity contribution in [2.75, 3.05) is 13.2 Å². The number of esters is 1. The monoisotopic (exact) mass is 227 g/mol. The van der Waals surface area contributed by atoms with E-state index in [2.05, 4.69) is 20.7 Å². The summed E-state index contributed by atoms with van der Waals surface area (Å²) in [4.78, 5) is 12.4. The first-order valence-corrected chi connectivity index (χ1v) is 5.31. The normalized spacial score (nSPS) is 10.4. The zero-order chi connectivity index (χ0) is 11.8. The van der Waals surface area contributed by atoms with Gasteiger partial charge in [-0.1, -0.05) is 0 Å². The molecule has 0 amide bonds. The van der Waals surface area contributed by atoms with E-state index in [-0.39, 0.29) is 5.97 Å². The molecule has 16 heavy (non-hydrogen) atoms. The van der Waals surface area contributed by atoms with Crippen LogP contribution in [0.5, 0.6) is 0 Å². The quantitative estimate of drug-likeness (QED) is 0.506. The van der Waals surface area contributed by atoms with Gasteiger partial charge >= 0.3 is 5.97 Å². The molecule has 1 N–H and O–H groups in total. The number of rotatable bonds is 7. The Hall–Kier alpha value is -1.50. The Balaban J connectivity index is 2.02. The molecular weight excluding hydrogens is 210 g/mol. The summed E-state index contributed by atoms with van der Waals surface area (Å²) in [6.07, 6.45) is 1.19. The number of carbonyl (C=O) groups excluding carboxylic acids is 1. The smallest absolute Gasteiger partial charge is 0.305 e. The Bertz CT molecular complexity index is 325. The fraction of sp³-hybridized carbons (Fsp3) is 0.778. The molecule has 1 aromatic heterocycles. The number of nitrogens with one attached hydrogen (secondary N) is 1. The fourth-order valence-electron chi connectivity index (χ4n) is 1.19. The van der Waals surface area contributed by atoms with E-state index < -0.39 is 0 Å². The Morgan fingerprint density at radius 1 is 1.56 bits per heavy atom. The molecule has 1 heterocycles. The van der Waals surface area contributed by atoms with E-state index in [0.717, 1.165) is 13.0 Å². The van der Waals surface area contributed by atoms with Gasteiger partial charge in [0.1, 0.15) is 0 Å². The lowest BCUT2D eigenvalue weighted by atomic mass is 10.3. The molecule has 0 radical (unpaired) electrons. The molecule has 7 nitrogen and oxygen atoms in total. The summed E-state index contributed by atoms with van der Waals surface area (Å²) in [6.45, 7) is 3.54. The Morgan fingerprint density at radius 3 is 3.00 bits per heavy atom. The van der Waals surface area contributed by atoms with Crippen LogP contribution in [0.1, 0.15) is 25.6 Å². The number of aryl methyl sites for hydroxylation is 1. The molecule has 0 aliphatic heterocycles. The third-order valence-electron chi connectivity index (χ3n) is 1.87. The van der Waals surface area contributed by atoms with E-state index >= 15 is 0 Å². The van der Waals surface area contributed by atoms with Gasteiger partial charge in [-0.05, 0) is 25.1 Å². The largest absolute Gasteiger partial charge is 0.466 e. The van der Waals surface area contributed by atoms with Crippen LogP contribution in [0.15, 0.2) is 0 Å². The molecule has 0 aromatic carbocycles. The van der Waals surface area contributed by atoms with Crippen LogP contribution in [-0.2, 0) is 23.1 Å². The minimum absolute atomic E-state index is 0.151. The van der Waals surface area contributed by atoms with Gasteiger partial charge in [-0.15, -0.1) is 10.2 Å². The van der Waals surface area contributed by atoms with Gasteiger partial charge in [-0.3, -0.25) is 4.79 Å². The van der Waals surface area contributed by atoms with Crippen LogP contribution >= 0.6 is 0 Å². The van der Waals surface area contributed by atoms with Crippen molar-refractivity contribution in [2.24, 2.45) is 7.05 Å². The second kappa shape index (κ2) is 6.89. The van der Waals surface area contributed by atoms with Crippen LogP contribution in [0.3, 0.4) is 0 Å². The molecule has 0 unspecified atom stereocenters. The number of hydrogen-bond acceptors (Lipinski definition) is 6. The highest BCUT2D eigenvalue weighted by atomic mass is 16.5. The van der Waals surface area contributed by atoms with Crippen molar-refractivity contribution in [1.29, 1.82) is 0 Å².